The van der Waals surface area contributed by atoms with Gasteiger partial charge in [-0.15, -0.1) is 5.43 Å². The van der Waals surface area contributed by atoms with Crippen molar-refractivity contribution in [3.05, 3.63) is 46.0 Å². The summed E-state index contributed by atoms with van der Waals surface area (Å²) in [6, 6.07) is 7.26. The number of aliphatic imine (C=N–C) groups is 1. The molecule has 12 nitrogen and oxygen atoms in total. The van der Waals surface area contributed by atoms with E-state index in [-0.39, 0.29) is 25.2 Å². The Morgan fingerprint density at radius 3 is 2.30 bits per heavy atom. The molecular formula is C21H36N6O6. The highest BCUT2D eigenvalue weighted by atomic mass is 16.7. The second-order valence-corrected chi connectivity index (χ2v) is 6.81. The minimum Gasteiger partial charge on any atom is -0.370 e. The van der Waals surface area contributed by atoms with Crippen LogP contribution in [-0.2, 0) is 25.5 Å². The molecule has 0 saturated carbocycles. The molecule has 0 unspecified atom stereocenters. The summed E-state index contributed by atoms with van der Waals surface area (Å²) in [5, 5.41) is 12.4. The molecule has 1 aromatic rings. The highest BCUT2D eigenvalue weighted by molar-refractivity contribution is 5.84. The van der Waals surface area contributed by atoms with Crippen LogP contribution in [0.3, 0.4) is 0 Å². The molecule has 0 aliphatic rings. The highest BCUT2D eigenvalue weighted by Gasteiger charge is 2.24. The van der Waals surface area contributed by atoms with Crippen LogP contribution in [0.1, 0.15) is 39.2 Å². The van der Waals surface area contributed by atoms with Gasteiger partial charge in [0.2, 0.25) is 5.91 Å². The molecule has 0 aromatic heterocycles. The molecule has 0 spiro atoms. The Morgan fingerprint density at radius 1 is 1.21 bits per heavy atom. The van der Waals surface area contributed by atoms with Gasteiger partial charge in [0.05, 0.1) is 6.04 Å². The van der Waals surface area contributed by atoms with Crippen LogP contribution >= 0.6 is 0 Å². The molecule has 0 fully saturated rings. The molecule has 0 saturated heterocycles. The van der Waals surface area contributed by atoms with E-state index < -0.39 is 23.0 Å². The van der Waals surface area contributed by atoms with Gasteiger partial charge in [0.1, 0.15) is 6.29 Å². The van der Waals surface area contributed by atoms with Gasteiger partial charge in [-0.05, 0) is 45.6 Å². The number of carbonyl (C=O) groups excluding carboxylic acids is 2. The first-order chi connectivity index (χ1) is 15.7. The number of carbonyl (C=O) groups is 2. The molecule has 0 heterocycles. The largest absolute Gasteiger partial charge is 0.370 e. The van der Waals surface area contributed by atoms with Gasteiger partial charge in [-0.1, -0.05) is 30.3 Å². The zero-order chi connectivity index (χ0) is 25.1. The fourth-order valence-electron chi connectivity index (χ4n) is 2.69. The molecule has 12 heteroatoms. The van der Waals surface area contributed by atoms with Crippen molar-refractivity contribution in [3.63, 3.8) is 0 Å². The molecule has 6 N–H and O–H groups in total. The average Bonchev–Trinajstić information content (AvgIpc) is 2.76. The number of hydrogen-bond acceptors (Lipinski definition) is 7. The number of hydrazine groups is 1. The third-order valence-corrected chi connectivity index (χ3v) is 4.12. The van der Waals surface area contributed by atoms with Crippen molar-refractivity contribution >= 4 is 18.2 Å². The number of rotatable bonds is 15. The maximum Gasteiger partial charge on any atom is 0.248 e. The van der Waals surface area contributed by atoms with Gasteiger partial charge in [-0.25, -0.2) is 10.1 Å². The van der Waals surface area contributed by atoms with Crippen molar-refractivity contribution in [3.8, 4) is 0 Å². The first kappa shape index (κ1) is 29.8. The van der Waals surface area contributed by atoms with Crippen LogP contribution < -0.4 is 22.2 Å². The monoisotopic (exact) mass is 468 g/mol. The lowest BCUT2D eigenvalue weighted by molar-refractivity contribution is -0.548. The zero-order valence-electron chi connectivity index (χ0n) is 19.4. The van der Waals surface area contributed by atoms with Crippen molar-refractivity contribution in [2.45, 2.75) is 58.4 Å². The minimum atomic E-state index is -1.09. The number of nitrogens with one attached hydrogen (secondary N) is 2. The minimum absolute atomic E-state index is 0.0370. The molecule has 1 aromatic carbocycles. The molecule has 1 amide bonds. The van der Waals surface area contributed by atoms with Gasteiger partial charge in [-0.3, -0.25) is 9.79 Å². The highest BCUT2D eigenvalue weighted by Crippen LogP contribution is 2.04. The van der Waals surface area contributed by atoms with E-state index in [0.29, 0.717) is 19.1 Å². The van der Waals surface area contributed by atoms with Gasteiger partial charge in [-0.2, -0.15) is 0 Å². The summed E-state index contributed by atoms with van der Waals surface area (Å²) in [5.41, 5.74) is 13.2. The standard InChI is InChI=1S/C15H22N6O4.C6H14O2/c16-15(17)18-8-4-7-13(20-21(24)25)14(23)19-12(10-22)9-11-5-2-1-3-6-11;1-4-7-6(3)8-5-2/h1-3,5-6,10,12-13,20H,4,7-9H2,(H,19,23)(H4,16,17,18);6H,4-5H2,1-3H3/t12-,13-;/m0./s1. The third-order valence-electron chi connectivity index (χ3n) is 4.12. The van der Waals surface area contributed by atoms with Gasteiger partial charge in [0, 0.05) is 19.8 Å². The number of guanidine groups is 1. The fraction of sp³-hybridized carbons (Fsp3) is 0.571. The van der Waals surface area contributed by atoms with Gasteiger partial charge >= 0.3 is 0 Å². The summed E-state index contributed by atoms with van der Waals surface area (Å²) in [6.07, 6.45) is 1.37. The smallest absolute Gasteiger partial charge is 0.248 e. The van der Waals surface area contributed by atoms with Crippen LogP contribution in [0, 0.1) is 10.1 Å². The first-order valence-electron chi connectivity index (χ1n) is 10.7. The molecule has 186 valence electrons. The summed E-state index contributed by atoms with van der Waals surface area (Å²) in [7, 11) is 0. The number of nitrogens with zero attached hydrogens (tertiary/aromatic N) is 2. The van der Waals surface area contributed by atoms with E-state index in [2.05, 4.69) is 10.3 Å². The lowest BCUT2D eigenvalue weighted by atomic mass is 10.1. The van der Waals surface area contributed by atoms with E-state index in [1.807, 2.05) is 56.5 Å². The van der Waals surface area contributed by atoms with Crippen LogP contribution in [0.15, 0.2) is 35.3 Å². The number of benzene rings is 1. The van der Waals surface area contributed by atoms with Crippen molar-refractivity contribution in [1.82, 2.24) is 10.7 Å². The Hall–Kier alpha value is -3.25. The van der Waals surface area contributed by atoms with Crippen molar-refractivity contribution in [2.75, 3.05) is 19.8 Å². The molecule has 0 bridgehead atoms. The summed E-state index contributed by atoms with van der Waals surface area (Å²) >= 11 is 0. The normalized spacial score (nSPS) is 12.0. The predicted molar refractivity (Wildman–Crippen MR) is 125 cm³/mol. The average molecular weight is 469 g/mol. The lowest BCUT2D eigenvalue weighted by Gasteiger charge is -2.17. The summed E-state index contributed by atoms with van der Waals surface area (Å²) in [6.45, 7) is 7.49. The second kappa shape index (κ2) is 18.3. The molecule has 0 aliphatic carbocycles. The lowest BCUT2D eigenvalue weighted by Crippen LogP contribution is -2.50. The number of amides is 1. The number of aldehydes is 1. The summed E-state index contributed by atoms with van der Waals surface area (Å²) < 4.78 is 10.1. The van der Waals surface area contributed by atoms with E-state index in [1.165, 1.54) is 0 Å². The van der Waals surface area contributed by atoms with Crippen LogP contribution in [-0.4, -0.2) is 61.3 Å². The number of hydrogen-bond donors (Lipinski definition) is 4. The quantitative estimate of drug-likeness (QED) is 0.0542. The van der Waals surface area contributed by atoms with Gasteiger partial charge in [0.15, 0.2) is 23.3 Å². The molecule has 0 radical (unpaired) electrons. The number of ether oxygens (including phenoxy) is 2. The molecule has 0 aliphatic heterocycles. The van der Waals surface area contributed by atoms with Crippen molar-refractivity contribution < 1.29 is 24.1 Å². The van der Waals surface area contributed by atoms with E-state index in [0.717, 1.165) is 18.8 Å². The molecule has 2 atom stereocenters. The Bertz CT molecular complexity index is 708. The maximum atomic E-state index is 12.2. The van der Waals surface area contributed by atoms with Gasteiger partial charge in [0.25, 0.3) is 0 Å². The summed E-state index contributed by atoms with van der Waals surface area (Å²) in [4.78, 5) is 37.9. The third kappa shape index (κ3) is 16.1. The van der Waals surface area contributed by atoms with Crippen molar-refractivity contribution in [1.29, 1.82) is 0 Å². The number of nitro groups is 1. The zero-order valence-corrected chi connectivity index (χ0v) is 19.4. The maximum absolute atomic E-state index is 12.2. The van der Waals surface area contributed by atoms with Crippen LogP contribution in [0.2, 0.25) is 0 Å². The first-order valence-corrected chi connectivity index (χ1v) is 10.7. The van der Waals surface area contributed by atoms with E-state index in [9.17, 15) is 19.7 Å². The second-order valence-electron chi connectivity index (χ2n) is 6.81. The molecule has 1 rings (SSSR count). The van der Waals surface area contributed by atoms with Crippen LogP contribution in [0.4, 0.5) is 0 Å². The predicted octanol–water partition coefficient (Wildman–Crippen LogP) is 0.522. The van der Waals surface area contributed by atoms with Crippen molar-refractivity contribution in [2.24, 2.45) is 16.5 Å². The Balaban J connectivity index is 0.00000109. The topological polar surface area (TPSA) is 184 Å². The van der Waals surface area contributed by atoms with Crippen LogP contribution in [0.25, 0.3) is 0 Å². The Labute approximate surface area is 194 Å². The Kier molecular flexibility index (Phi) is 16.5. The number of nitrogens with two attached hydrogens (primary N) is 2. The molecule has 33 heavy (non-hydrogen) atoms. The Morgan fingerprint density at radius 2 is 1.82 bits per heavy atom. The molecular weight excluding hydrogens is 432 g/mol. The van der Waals surface area contributed by atoms with E-state index in [1.54, 1.807) is 0 Å². The van der Waals surface area contributed by atoms with E-state index in [4.69, 9.17) is 20.9 Å². The van der Waals surface area contributed by atoms with Crippen LogP contribution in [0.5, 0.6) is 0 Å². The fourth-order valence-corrected chi connectivity index (χ4v) is 2.69. The van der Waals surface area contributed by atoms with E-state index >= 15 is 0 Å². The van der Waals surface area contributed by atoms with Gasteiger partial charge < -0.3 is 31.1 Å². The SMILES string of the molecule is CCOC(C)OCC.NC(N)=NCCC[C@H](N[N+](=O)[O-])C(=O)N[C@H](C=O)Cc1ccccc1. The summed E-state index contributed by atoms with van der Waals surface area (Å²) in [5.74, 6) is -0.721.